The Morgan fingerprint density at radius 1 is 0.938 bits per heavy atom. The molecule has 4 aromatic rings. The van der Waals surface area contributed by atoms with E-state index in [1.165, 1.54) is 24.3 Å². The third-order valence-corrected chi connectivity index (χ3v) is 7.01. The minimum Gasteiger partial charge on any atom is -0.342 e. The number of anilines is 1. The number of sulfonamides is 1. The van der Waals surface area contributed by atoms with Crippen LogP contribution >= 0.6 is 0 Å². The molecule has 9 heteroatoms. The van der Waals surface area contributed by atoms with Gasteiger partial charge in [-0.25, -0.2) is 13.4 Å². The normalized spacial score (nSPS) is 18.6. The number of H-pyrrole nitrogens is 1. The molecule has 1 saturated carbocycles. The quantitative estimate of drug-likeness (QED) is 0.407. The largest absolute Gasteiger partial charge is 0.416 e. The van der Waals surface area contributed by atoms with Crippen molar-refractivity contribution in [2.75, 3.05) is 4.72 Å². The highest BCUT2D eigenvalue weighted by molar-refractivity contribution is 7.92. The molecular formula is C23H18F3N3O2S. The second kappa shape index (κ2) is 7.37. The number of alkyl halides is 3. The molecule has 0 spiro atoms. The van der Waals surface area contributed by atoms with Gasteiger partial charge < -0.3 is 4.98 Å². The van der Waals surface area contributed by atoms with E-state index >= 15 is 0 Å². The van der Waals surface area contributed by atoms with Crippen LogP contribution in [-0.4, -0.2) is 18.4 Å². The van der Waals surface area contributed by atoms with Crippen LogP contribution in [0.5, 0.6) is 0 Å². The van der Waals surface area contributed by atoms with Crippen LogP contribution in [0.15, 0.2) is 77.7 Å². The van der Waals surface area contributed by atoms with Crippen molar-refractivity contribution in [1.29, 1.82) is 0 Å². The predicted octanol–water partition coefficient (Wildman–Crippen LogP) is 5.65. The van der Waals surface area contributed by atoms with Gasteiger partial charge in [0.05, 0.1) is 27.2 Å². The van der Waals surface area contributed by atoms with E-state index in [9.17, 15) is 21.6 Å². The minimum absolute atomic E-state index is 0.0867. The lowest BCUT2D eigenvalue weighted by molar-refractivity contribution is -0.137. The third-order valence-electron chi connectivity index (χ3n) is 5.61. The molecule has 3 aromatic carbocycles. The van der Waals surface area contributed by atoms with Crippen molar-refractivity contribution in [3.05, 3.63) is 89.7 Å². The standard InChI is InChI=1S/C23H18F3N3O2S/c24-23(25,26)15-8-6-14(7-9-15)18-13-19(18)22-27-20-11-10-16(12-21(20)28-22)29-32(30,31)17-4-2-1-3-5-17/h1-12,18-19,29H,13H2,(H,27,28). The lowest BCUT2D eigenvalue weighted by Gasteiger charge is -2.07. The second-order valence-corrected chi connectivity index (χ2v) is 9.52. The molecule has 0 saturated heterocycles. The number of benzene rings is 3. The summed E-state index contributed by atoms with van der Waals surface area (Å²) in [5.74, 6) is 0.936. The van der Waals surface area contributed by atoms with Crippen molar-refractivity contribution in [2.24, 2.45) is 0 Å². The molecule has 0 aliphatic heterocycles. The molecule has 5 rings (SSSR count). The number of imidazole rings is 1. The summed E-state index contributed by atoms with van der Waals surface area (Å²) in [6.07, 6.45) is -3.56. The van der Waals surface area contributed by atoms with Gasteiger partial charge in [-0.15, -0.1) is 0 Å². The van der Waals surface area contributed by atoms with Gasteiger partial charge in [0.2, 0.25) is 0 Å². The number of aromatic amines is 1. The lowest BCUT2D eigenvalue weighted by atomic mass is 10.1. The van der Waals surface area contributed by atoms with Gasteiger partial charge in [-0.1, -0.05) is 30.3 Å². The van der Waals surface area contributed by atoms with E-state index in [2.05, 4.69) is 14.7 Å². The Bertz CT molecular complexity index is 1380. The minimum atomic E-state index is -4.35. The fraction of sp³-hybridized carbons (Fsp3) is 0.174. The fourth-order valence-electron chi connectivity index (χ4n) is 3.87. The summed E-state index contributed by atoms with van der Waals surface area (Å²) in [5, 5.41) is 0. The predicted molar refractivity (Wildman–Crippen MR) is 115 cm³/mol. The highest BCUT2D eigenvalue weighted by Crippen LogP contribution is 2.54. The smallest absolute Gasteiger partial charge is 0.342 e. The Hall–Kier alpha value is -3.33. The average Bonchev–Trinajstić information content (AvgIpc) is 3.45. The zero-order chi connectivity index (χ0) is 22.5. The number of hydrogen-bond acceptors (Lipinski definition) is 3. The average molecular weight is 457 g/mol. The van der Waals surface area contributed by atoms with E-state index in [0.717, 1.165) is 29.9 Å². The first-order valence-corrected chi connectivity index (χ1v) is 11.4. The molecule has 2 N–H and O–H groups in total. The van der Waals surface area contributed by atoms with Crippen LogP contribution in [0.3, 0.4) is 0 Å². The SMILES string of the molecule is O=S(=O)(Nc1ccc2nc(C3CC3c3ccc(C(F)(F)F)cc3)[nH]c2c1)c1ccccc1. The zero-order valence-electron chi connectivity index (χ0n) is 16.6. The van der Waals surface area contributed by atoms with Gasteiger partial charge >= 0.3 is 6.18 Å². The van der Waals surface area contributed by atoms with Crippen LogP contribution < -0.4 is 4.72 Å². The van der Waals surface area contributed by atoms with Gasteiger partial charge in [0.1, 0.15) is 5.82 Å². The molecule has 0 radical (unpaired) electrons. The fourth-order valence-corrected chi connectivity index (χ4v) is 4.94. The molecule has 1 heterocycles. The first-order valence-electron chi connectivity index (χ1n) is 9.95. The summed E-state index contributed by atoms with van der Waals surface area (Å²) in [5.41, 5.74) is 1.98. The van der Waals surface area contributed by atoms with Crippen molar-refractivity contribution in [2.45, 2.75) is 29.3 Å². The Kier molecular flexibility index (Phi) is 4.74. The highest BCUT2D eigenvalue weighted by Gasteiger charge is 2.42. The summed E-state index contributed by atoms with van der Waals surface area (Å²) in [6.45, 7) is 0. The molecule has 0 bridgehead atoms. The Balaban J connectivity index is 1.34. The van der Waals surface area contributed by atoms with E-state index in [1.54, 1.807) is 36.4 Å². The van der Waals surface area contributed by atoms with Crippen LogP contribution in [-0.2, 0) is 16.2 Å². The molecular weight excluding hydrogens is 439 g/mol. The van der Waals surface area contributed by atoms with Gasteiger partial charge in [-0.05, 0) is 60.4 Å². The molecule has 1 fully saturated rings. The number of halogens is 3. The van der Waals surface area contributed by atoms with Crippen LogP contribution in [0.4, 0.5) is 18.9 Å². The summed E-state index contributed by atoms with van der Waals surface area (Å²) < 4.78 is 66.0. The molecule has 164 valence electrons. The summed E-state index contributed by atoms with van der Waals surface area (Å²) in [7, 11) is -3.70. The first-order chi connectivity index (χ1) is 15.2. The van der Waals surface area contributed by atoms with E-state index in [1.807, 2.05) is 0 Å². The van der Waals surface area contributed by atoms with Gasteiger partial charge in [-0.2, -0.15) is 13.2 Å². The maximum atomic E-state index is 12.8. The molecule has 2 unspecified atom stereocenters. The first kappa shape index (κ1) is 20.6. The summed E-state index contributed by atoms with van der Waals surface area (Å²) in [4.78, 5) is 7.99. The summed E-state index contributed by atoms with van der Waals surface area (Å²) in [6, 6.07) is 18.4. The van der Waals surface area contributed by atoms with Crippen LogP contribution in [0.1, 0.15) is 35.2 Å². The van der Waals surface area contributed by atoms with Gasteiger partial charge in [0.15, 0.2) is 0 Å². The van der Waals surface area contributed by atoms with E-state index < -0.39 is 21.8 Å². The molecule has 2 atom stereocenters. The molecule has 1 aromatic heterocycles. The maximum absolute atomic E-state index is 12.8. The van der Waals surface area contributed by atoms with Crippen LogP contribution in [0.2, 0.25) is 0 Å². The third kappa shape index (κ3) is 3.95. The summed E-state index contributed by atoms with van der Waals surface area (Å²) >= 11 is 0. The van der Waals surface area contributed by atoms with Crippen molar-refractivity contribution in [1.82, 2.24) is 9.97 Å². The topological polar surface area (TPSA) is 74.8 Å². The Labute approximate surface area is 182 Å². The number of fused-ring (bicyclic) bond motifs is 1. The van der Waals surface area contributed by atoms with Gasteiger partial charge in [0, 0.05) is 5.92 Å². The monoisotopic (exact) mass is 457 g/mol. The van der Waals surface area contributed by atoms with Crippen molar-refractivity contribution >= 4 is 26.7 Å². The number of nitrogens with zero attached hydrogens (tertiary/aromatic N) is 1. The molecule has 5 nitrogen and oxygen atoms in total. The molecule has 1 aliphatic rings. The zero-order valence-corrected chi connectivity index (χ0v) is 17.4. The van der Waals surface area contributed by atoms with Gasteiger partial charge in [-0.3, -0.25) is 4.72 Å². The van der Waals surface area contributed by atoms with Crippen molar-refractivity contribution < 1.29 is 21.6 Å². The Morgan fingerprint density at radius 3 is 2.34 bits per heavy atom. The molecule has 1 aliphatic carbocycles. The van der Waals surface area contributed by atoms with E-state index in [-0.39, 0.29) is 16.7 Å². The molecule has 32 heavy (non-hydrogen) atoms. The van der Waals surface area contributed by atoms with E-state index in [0.29, 0.717) is 16.7 Å². The Morgan fingerprint density at radius 2 is 1.66 bits per heavy atom. The number of aromatic nitrogens is 2. The highest BCUT2D eigenvalue weighted by atomic mass is 32.2. The van der Waals surface area contributed by atoms with Crippen LogP contribution in [0, 0.1) is 0 Å². The maximum Gasteiger partial charge on any atom is 0.416 e. The van der Waals surface area contributed by atoms with Crippen LogP contribution in [0.25, 0.3) is 11.0 Å². The molecule has 0 amide bonds. The van der Waals surface area contributed by atoms with Gasteiger partial charge in [0.25, 0.3) is 10.0 Å². The van der Waals surface area contributed by atoms with Crippen molar-refractivity contribution in [3.8, 4) is 0 Å². The van der Waals surface area contributed by atoms with E-state index in [4.69, 9.17) is 0 Å². The number of rotatable bonds is 5. The number of hydrogen-bond donors (Lipinski definition) is 2. The van der Waals surface area contributed by atoms with Crippen molar-refractivity contribution in [3.63, 3.8) is 0 Å². The lowest BCUT2D eigenvalue weighted by Crippen LogP contribution is -2.12. The number of nitrogens with one attached hydrogen (secondary N) is 2. The second-order valence-electron chi connectivity index (χ2n) is 7.84.